The SMILES string of the molecule is O=C(/C=C/c1ccc2c(c1)nc(-c1ccccc1)n2Cc1cccnc1)NO.O=C(/C=C/c1ccc2c(c1)nc(-c1ccccn1)n2CC(O)CO)NO.O=C(/C=C/c1ccc2c(c1)nc(-c1ccncc1)n2CCCO)NO.O=C(/C=C/c1ccc2c(c1)nc(-c1ccncc1)n2CCO)NO. The molecule has 522 valence electrons. The lowest BCUT2D eigenvalue weighted by atomic mass is 10.2. The third-order valence-corrected chi connectivity index (χ3v) is 15.6. The van der Waals surface area contributed by atoms with Crippen molar-refractivity contribution in [3.8, 4) is 45.7 Å². The van der Waals surface area contributed by atoms with Gasteiger partial charge in [-0.05, 0) is 150 Å². The maximum absolute atomic E-state index is 11.2. The number of imidazole rings is 4. The third kappa shape index (κ3) is 19.1. The van der Waals surface area contributed by atoms with Gasteiger partial charge in [-0.25, -0.2) is 41.9 Å². The molecule has 0 aliphatic rings. The molecule has 1 unspecified atom stereocenters. The summed E-state index contributed by atoms with van der Waals surface area (Å²) >= 11 is 0. The molecule has 4 amide bonds. The number of fused-ring (bicyclic) bond motifs is 4. The molecule has 13 rings (SSSR count). The Morgan fingerprint density at radius 3 is 1.23 bits per heavy atom. The van der Waals surface area contributed by atoms with E-state index in [2.05, 4.69) is 39.0 Å². The summed E-state index contributed by atoms with van der Waals surface area (Å²) in [5.41, 5.74) is 20.6. The highest BCUT2D eigenvalue weighted by Crippen LogP contribution is 2.31. The molecule has 0 aliphatic carbocycles. The Kier molecular flexibility index (Phi) is 25.6. The molecule has 28 heteroatoms. The summed E-state index contributed by atoms with van der Waals surface area (Å²) in [6, 6.07) is 49.4. The Hall–Kier alpha value is -12.9. The van der Waals surface area contributed by atoms with Gasteiger partial charge in [0.15, 0.2) is 5.82 Å². The molecule has 12 N–H and O–H groups in total. The van der Waals surface area contributed by atoms with Gasteiger partial charge in [0.2, 0.25) is 0 Å². The van der Waals surface area contributed by atoms with Crippen LogP contribution in [0.4, 0.5) is 0 Å². The van der Waals surface area contributed by atoms with E-state index < -0.39 is 29.7 Å². The molecule has 5 aromatic carbocycles. The summed E-state index contributed by atoms with van der Waals surface area (Å²) in [7, 11) is 0. The molecule has 0 fully saturated rings. The van der Waals surface area contributed by atoms with Crippen LogP contribution in [0.15, 0.2) is 225 Å². The number of aromatic nitrogens is 12. The van der Waals surface area contributed by atoms with Crippen LogP contribution in [0.1, 0.15) is 34.2 Å². The van der Waals surface area contributed by atoms with Crippen molar-refractivity contribution >= 4 is 92.1 Å². The molecule has 0 bridgehead atoms. The number of nitrogens with one attached hydrogen (secondary N) is 4. The van der Waals surface area contributed by atoms with Crippen LogP contribution in [-0.4, -0.2) is 149 Å². The highest BCUT2D eigenvalue weighted by Gasteiger charge is 2.19. The topological polar surface area (TPSA) is 401 Å². The number of aryl methyl sites for hydroxylation is 1. The first-order valence-corrected chi connectivity index (χ1v) is 32.0. The van der Waals surface area contributed by atoms with Crippen LogP contribution < -0.4 is 21.9 Å². The van der Waals surface area contributed by atoms with Gasteiger partial charge in [0, 0.05) is 104 Å². The third-order valence-electron chi connectivity index (χ3n) is 15.6. The van der Waals surface area contributed by atoms with Crippen molar-refractivity contribution < 1.29 is 60.4 Å². The van der Waals surface area contributed by atoms with Crippen LogP contribution in [0.3, 0.4) is 0 Å². The van der Waals surface area contributed by atoms with Crippen molar-refractivity contribution in [3.05, 3.63) is 253 Å². The van der Waals surface area contributed by atoms with E-state index in [1.807, 2.05) is 150 Å². The minimum absolute atomic E-state index is 0.00185. The average molecular weight is 1390 g/mol. The monoisotopic (exact) mass is 1390 g/mol. The summed E-state index contributed by atoms with van der Waals surface area (Å²) in [6.07, 6.45) is 23.1. The normalized spacial score (nSPS) is 11.6. The molecule has 0 spiro atoms. The molecule has 0 aliphatic heterocycles. The first-order chi connectivity index (χ1) is 50.3. The second-order valence-corrected chi connectivity index (χ2v) is 22.5. The Morgan fingerprint density at radius 2 is 0.825 bits per heavy atom. The molecule has 103 heavy (non-hydrogen) atoms. The Balaban J connectivity index is 0.000000148. The van der Waals surface area contributed by atoms with Crippen molar-refractivity contribution in [1.82, 2.24) is 80.1 Å². The molecule has 0 saturated heterocycles. The van der Waals surface area contributed by atoms with Gasteiger partial charge >= 0.3 is 0 Å². The summed E-state index contributed by atoms with van der Waals surface area (Å²) < 4.78 is 7.97. The number of carbonyl (C=O) groups excluding carboxylic acids is 4. The van der Waals surface area contributed by atoms with Crippen LogP contribution in [-0.2, 0) is 45.4 Å². The number of hydroxylamine groups is 4. The predicted octanol–water partition coefficient (Wildman–Crippen LogP) is 8.24. The van der Waals surface area contributed by atoms with Gasteiger partial charge in [-0.1, -0.05) is 66.7 Å². The zero-order valence-corrected chi connectivity index (χ0v) is 55.0. The number of hydrogen-bond donors (Lipinski definition) is 12. The molecular formula is C75H70N16O12. The summed E-state index contributed by atoms with van der Waals surface area (Å²) in [5, 5.41) is 71.8. The molecule has 0 radical (unpaired) electrons. The largest absolute Gasteiger partial charge is 0.396 e. The van der Waals surface area contributed by atoms with Crippen molar-refractivity contribution in [3.63, 3.8) is 0 Å². The van der Waals surface area contributed by atoms with Crippen LogP contribution in [0.5, 0.6) is 0 Å². The van der Waals surface area contributed by atoms with E-state index >= 15 is 0 Å². The number of carbonyl (C=O) groups is 4. The second-order valence-electron chi connectivity index (χ2n) is 22.5. The van der Waals surface area contributed by atoms with Crippen molar-refractivity contribution in [2.75, 3.05) is 19.8 Å². The average Bonchev–Trinajstić information content (AvgIpc) is 1.66. The minimum atomic E-state index is -0.928. The lowest BCUT2D eigenvalue weighted by Gasteiger charge is -2.12. The standard InChI is InChI=1S/C22H18N4O2.C18H18N4O4.C18H18N4O3.C17H16N4O3/c27-21(25-28)11-9-16-8-10-20-19(13-16)24-22(18-6-2-1-3-7-18)26(20)15-17-5-4-12-23-14-17;23-11-13(24)10-22-16-6-4-12(5-7-17(25)21-26)9-15(16)20-18(22)14-3-1-2-8-19-14;23-11-1-10-22-16-4-2-13(3-5-17(24)21-25)12-15(16)20-18(22)14-6-8-19-9-7-14;22-10-9-21-15-3-1-12(2-4-16(23)20-24)11-14(15)19-17(21)13-5-7-18-8-6-13/h1-14,28H,15H2,(H,25,27);1-9,13,23-24,26H,10-11H2,(H,21,25);2-9,12,23,25H,1,10-11H2,(H,21,24);1-8,11,22,24H,9-10H2,(H,20,23)/b11-9+;7-5+;5-3+;4-2+. The van der Waals surface area contributed by atoms with E-state index in [0.717, 1.165) is 101 Å². The molecule has 13 aromatic rings. The van der Waals surface area contributed by atoms with Crippen molar-refractivity contribution in [1.29, 1.82) is 0 Å². The van der Waals surface area contributed by atoms with Crippen LogP contribution >= 0.6 is 0 Å². The van der Waals surface area contributed by atoms with E-state index in [0.29, 0.717) is 43.1 Å². The fourth-order valence-electron chi connectivity index (χ4n) is 10.8. The van der Waals surface area contributed by atoms with Crippen LogP contribution in [0.25, 0.3) is 114 Å². The zero-order chi connectivity index (χ0) is 72.5. The van der Waals surface area contributed by atoms with Gasteiger partial charge < -0.3 is 38.7 Å². The van der Waals surface area contributed by atoms with Gasteiger partial charge in [-0.15, -0.1) is 0 Å². The second kappa shape index (κ2) is 36.3. The van der Waals surface area contributed by atoms with Crippen LogP contribution in [0, 0.1) is 0 Å². The first-order valence-electron chi connectivity index (χ1n) is 32.0. The quantitative estimate of drug-likeness (QED) is 0.0172. The van der Waals surface area contributed by atoms with Gasteiger partial charge in [0.1, 0.15) is 23.2 Å². The fourth-order valence-corrected chi connectivity index (χ4v) is 10.8. The molecular weight excluding hydrogens is 1320 g/mol. The number of aliphatic hydroxyl groups is 4. The van der Waals surface area contributed by atoms with Gasteiger partial charge in [0.05, 0.1) is 76.5 Å². The Labute approximate surface area is 587 Å². The molecule has 28 nitrogen and oxygen atoms in total. The number of hydrogen-bond acceptors (Lipinski definition) is 20. The number of benzene rings is 5. The molecule has 0 saturated carbocycles. The lowest BCUT2D eigenvalue weighted by Crippen LogP contribution is -2.20. The van der Waals surface area contributed by atoms with Crippen molar-refractivity contribution in [2.24, 2.45) is 0 Å². The number of amides is 4. The highest BCUT2D eigenvalue weighted by molar-refractivity contribution is 5.95. The molecule has 8 heterocycles. The predicted molar refractivity (Wildman–Crippen MR) is 385 cm³/mol. The molecule has 8 aromatic heterocycles. The van der Waals surface area contributed by atoms with E-state index in [1.165, 1.54) is 29.8 Å². The van der Waals surface area contributed by atoms with Crippen molar-refractivity contribution in [2.45, 2.75) is 38.7 Å². The fraction of sp³-hybridized carbons (Fsp3) is 0.120. The number of rotatable bonds is 22. The Morgan fingerprint density at radius 1 is 0.408 bits per heavy atom. The first kappa shape index (κ1) is 72.8. The van der Waals surface area contributed by atoms with E-state index in [4.69, 9.17) is 30.8 Å². The number of aliphatic hydroxyl groups excluding tert-OH is 4. The molecule has 1 atom stereocenters. The highest BCUT2D eigenvalue weighted by atomic mass is 16.5. The van der Waals surface area contributed by atoms with Gasteiger partial charge in [-0.2, -0.15) is 0 Å². The summed E-state index contributed by atoms with van der Waals surface area (Å²) in [6.45, 7) is 1.63. The van der Waals surface area contributed by atoms with Crippen LogP contribution in [0.2, 0.25) is 0 Å². The summed E-state index contributed by atoms with van der Waals surface area (Å²) in [4.78, 5) is 79.9. The maximum atomic E-state index is 11.2. The van der Waals surface area contributed by atoms with E-state index in [9.17, 15) is 39.6 Å². The number of nitrogens with zero attached hydrogens (tertiary/aromatic N) is 12. The zero-order valence-electron chi connectivity index (χ0n) is 55.0. The maximum Gasteiger partial charge on any atom is 0.267 e. The van der Waals surface area contributed by atoms with Gasteiger partial charge in [-0.3, -0.25) is 59.9 Å². The lowest BCUT2D eigenvalue weighted by molar-refractivity contribution is -0.124. The number of pyridine rings is 4. The van der Waals surface area contributed by atoms with Gasteiger partial charge in [0.25, 0.3) is 23.6 Å². The summed E-state index contributed by atoms with van der Waals surface area (Å²) in [5.74, 6) is 0.597. The minimum Gasteiger partial charge on any atom is -0.396 e. The Bertz CT molecular complexity index is 5140. The van der Waals surface area contributed by atoms with E-state index in [-0.39, 0.29) is 26.4 Å². The smallest absolute Gasteiger partial charge is 0.267 e. The van der Waals surface area contributed by atoms with E-state index in [1.54, 1.807) is 101 Å².